The van der Waals surface area contributed by atoms with E-state index in [0.29, 0.717) is 19.3 Å². The van der Waals surface area contributed by atoms with Gasteiger partial charge >= 0.3 is 17.9 Å². The van der Waals surface area contributed by atoms with Crippen molar-refractivity contribution in [2.45, 2.75) is 290 Å². The van der Waals surface area contributed by atoms with Crippen LogP contribution in [0.25, 0.3) is 0 Å². The van der Waals surface area contributed by atoms with Crippen LogP contribution in [0.1, 0.15) is 284 Å². The van der Waals surface area contributed by atoms with E-state index in [1.54, 1.807) is 0 Å². The van der Waals surface area contributed by atoms with Crippen LogP contribution >= 0.6 is 0 Å². The summed E-state index contributed by atoms with van der Waals surface area (Å²) < 4.78 is 16.8. The molecule has 6 heteroatoms. The van der Waals surface area contributed by atoms with Crippen molar-refractivity contribution >= 4 is 17.9 Å². The van der Waals surface area contributed by atoms with Gasteiger partial charge in [0, 0.05) is 19.3 Å². The van der Waals surface area contributed by atoms with Crippen molar-refractivity contribution < 1.29 is 28.6 Å². The first-order valence-electron chi connectivity index (χ1n) is 25.0. The fourth-order valence-corrected chi connectivity index (χ4v) is 7.56. The van der Waals surface area contributed by atoms with Gasteiger partial charge in [0.2, 0.25) is 0 Å². The Kier molecular flexibility index (Phi) is 44.8. The molecule has 0 spiro atoms. The van der Waals surface area contributed by atoms with Crippen molar-refractivity contribution in [2.75, 3.05) is 13.2 Å². The molecule has 0 rings (SSSR count). The summed E-state index contributed by atoms with van der Waals surface area (Å²) in [7, 11) is 0. The summed E-state index contributed by atoms with van der Waals surface area (Å²) in [5.41, 5.74) is 0. The van der Waals surface area contributed by atoms with Crippen LogP contribution in [0.4, 0.5) is 0 Å². The Morgan fingerprint density at radius 2 is 0.482 bits per heavy atom. The van der Waals surface area contributed by atoms with Crippen LogP contribution in [-0.4, -0.2) is 37.2 Å². The summed E-state index contributed by atoms with van der Waals surface area (Å²) in [5, 5.41) is 0. The minimum absolute atomic E-state index is 0.0621. The van der Waals surface area contributed by atoms with Crippen LogP contribution in [0.5, 0.6) is 0 Å². The van der Waals surface area contributed by atoms with E-state index in [2.05, 4.69) is 20.8 Å². The fraction of sp³-hybridized carbons (Fsp3) is 0.940. The third-order valence-electron chi connectivity index (χ3n) is 11.4. The molecule has 0 aliphatic carbocycles. The molecule has 0 aliphatic heterocycles. The van der Waals surface area contributed by atoms with Gasteiger partial charge in [-0.15, -0.1) is 0 Å². The van der Waals surface area contributed by atoms with Crippen LogP contribution in [-0.2, 0) is 28.6 Å². The van der Waals surface area contributed by atoms with E-state index >= 15 is 0 Å². The molecular weight excluding hydrogens is 697 g/mol. The van der Waals surface area contributed by atoms with Crippen molar-refractivity contribution in [3.63, 3.8) is 0 Å². The molecule has 6 nitrogen and oxygen atoms in total. The maximum atomic E-state index is 12.7. The normalized spacial score (nSPS) is 11.8. The minimum Gasteiger partial charge on any atom is -0.462 e. The van der Waals surface area contributed by atoms with E-state index in [1.165, 1.54) is 186 Å². The number of carbonyl (C=O) groups excluding carboxylic acids is 3. The lowest BCUT2D eigenvalue weighted by Crippen LogP contribution is -2.30. The molecule has 0 saturated heterocycles. The van der Waals surface area contributed by atoms with E-state index in [4.69, 9.17) is 14.2 Å². The zero-order chi connectivity index (χ0) is 40.8. The van der Waals surface area contributed by atoms with Crippen molar-refractivity contribution in [3.8, 4) is 0 Å². The predicted molar refractivity (Wildman–Crippen MR) is 238 cm³/mol. The van der Waals surface area contributed by atoms with Gasteiger partial charge in [0.15, 0.2) is 6.10 Å². The van der Waals surface area contributed by atoms with Crippen molar-refractivity contribution in [1.82, 2.24) is 0 Å². The molecule has 56 heavy (non-hydrogen) atoms. The first-order chi connectivity index (χ1) is 27.5. The fourth-order valence-electron chi connectivity index (χ4n) is 7.56. The Hall–Kier alpha value is -1.59. The second kappa shape index (κ2) is 46.1. The highest BCUT2D eigenvalue weighted by molar-refractivity contribution is 5.71. The molecule has 1 atom stereocenters. The molecule has 0 amide bonds. The molecule has 0 heterocycles. The van der Waals surface area contributed by atoms with Crippen LogP contribution in [0, 0.1) is 0 Å². The van der Waals surface area contributed by atoms with E-state index in [1.807, 2.05) is 0 Å². The Labute approximate surface area is 348 Å². The highest BCUT2D eigenvalue weighted by atomic mass is 16.6. The second-order valence-corrected chi connectivity index (χ2v) is 17.1. The van der Waals surface area contributed by atoms with Crippen LogP contribution in [0.3, 0.4) is 0 Å². The molecule has 0 unspecified atom stereocenters. The van der Waals surface area contributed by atoms with E-state index in [0.717, 1.165) is 57.8 Å². The lowest BCUT2D eigenvalue weighted by Gasteiger charge is -2.18. The smallest absolute Gasteiger partial charge is 0.306 e. The van der Waals surface area contributed by atoms with Gasteiger partial charge in [-0.05, 0) is 19.3 Å². The molecule has 0 N–H and O–H groups in total. The zero-order valence-electron chi connectivity index (χ0n) is 37.9. The van der Waals surface area contributed by atoms with E-state index < -0.39 is 6.10 Å². The monoisotopic (exact) mass is 793 g/mol. The highest BCUT2D eigenvalue weighted by Crippen LogP contribution is 2.16. The minimum atomic E-state index is -0.758. The first-order valence-corrected chi connectivity index (χ1v) is 25.0. The average molecular weight is 793 g/mol. The van der Waals surface area contributed by atoms with Crippen LogP contribution in [0.2, 0.25) is 0 Å². The number of carbonyl (C=O) groups is 3. The number of ether oxygens (including phenoxy) is 3. The van der Waals surface area contributed by atoms with Gasteiger partial charge in [-0.2, -0.15) is 0 Å². The maximum Gasteiger partial charge on any atom is 0.306 e. The van der Waals surface area contributed by atoms with Gasteiger partial charge in [-0.1, -0.05) is 245 Å². The summed E-state index contributed by atoms with van der Waals surface area (Å²) in [6.45, 7) is 6.66. The largest absolute Gasteiger partial charge is 0.462 e. The van der Waals surface area contributed by atoms with E-state index in [-0.39, 0.29) is 31.1 Å². The summed E-state index contributed by atoms with van der Waals surface area (Å²) in [6, 6.07) is 0. The molecule has 0 fully saturated rings. The summed E-state index contributed by atoms with van der Waals surface area (Å²) in [4.78, 5) is 37.8. The molecule has 332 valence electrons. The van der Waals surface area contributed by atoms with Crippen molar-refractivity contribution in [3.05, 3.63) is 0 Å². The Morgan fingerprint density at radius 1 is 0.286 bits per heavy atom. The first kappa shape index (κ1) is 54.4. The van der Waals surface area contributed by atoms with Crippen molar-refractivity contribution in [2.24, 2.45) is 0 Å². The lowest BCUT2D eigenvalue weighted by atomic mass is 10.0. The standard InChI is InChI=1S/C50H96O6/c1-4-7-10-13-16-19-22-24-26-29-31-34-37-40-43-49(52)55-46-47(56-50(53)44-41-38-35-32-27-21-18-15-12-9-6-3)45-54-48(51)42-39-36-33-30-28-25-23-20-17-14-11-8-5-2/h47H,4-46H2,1-3H3/t47-/m0/s1. The Balaban J connectivity index is 4.29. The molecule has 0 saturated carbocycles. The van der Waals surface area contributed by atoms with E-state index in [9.17, 15) is 14.4 Å². The average Bonchev–Trinajstić information content (AvgIpc) is 3.19. The molecular formula is C50H96O6. The molecule has 0 radical (unpaired) electrons. The second-order valence-electron chi connectivity index (χ2n) is 17.1. The number of hydrogen-bond acceptors (Lipinski definition) is 6. The van der Waals surface area contributed by atoms with Gasteiger partial charge in [0.1, 0.15) is 13.2 Å². The highest BCUT2D eigenvalue weighted by Gasteiger charge is 2.19. The molecule has 0 aromatic carbocycles. The third kappa shape index (κ3) is 43.5. The number of esters is 3. The van der Waals surface area contributed by atoms with Gasteiger partial charge in [-0.3, -0.25) is 14.4 Å². The van der Waals surface area contributed by atoms with Gasteiger partial charge in [0.25, 0.3) is 0 Å². The number of rotatable bonds is 46. The summed E-state index contributed by atoms with van der Waals surface area (Å²) in [5.74, 6) is -0.844. The molecule has 0 aromatic rings. The van der Waals surface area contributed by atoms with Crippen molar-refractivity contribution in [1.29, 1.82) is 0 Å². The number of hydrogen-bond donors (Lipinski definition) is 0. The van der Waals surface area contributed by atoms with Crippen LogP contribution in [0.15, 0.2) is 0 Å². The topological polar surface area (TPSA) is 78.9 Å². The predicted octanol–water partition coefficient (Wildman–Crippen LogP) is 16.0. The SMILES string of the molecule is CCCCCCCCCCCCCCCCC(=O)OC[C@H](COC(=O)CCCCCCCCCCCCCCC)OC(=O)CCCCCCCCCCCCC. The molecule has 0 aliphatic rings. The summed E-state index contributed by atoms with van der Waals surface area (Å²) >= 11 is 0. The molecule has 0 aromatic heterocycles. The summed E-state index contributed by atoms with van der Waals surface area (Å²) in [6.07, 6.45) is 47.9. The quantitative estimate of drug-likeness (QED) is 0.0347. The maximum absolute atomic E-state index is 12.7. The van der Waals surface area contributed by atoms with Gasteiger partial charge < -0.3 is 14.2 Å². The van der Waals surface area contributed by atoms with Gasteiger partial charge in [-0.25, -0.2) is 0 Å². The Morgan fingerprint density at radius 3 is 0.714 bits per heavy atom. The zero-order valence-corrected chi connectivity index (χ0v) is 37.9. The van der Waals surface area contributed by atoms with Gasteiger partial charge in [0.05, 0.1) is 0 Å². The lowest BCUT2D eigenvalue weighted by molar-refractivity contribution is -0.167. The third-order valence-corrected chi connectivity index (χ3v) is 11.4. The van der Waals surface area contributed by atoms with Crippen LogP contribution < -0.4 is 0 Å². The number of unbranched alkanes of at least 4 members (excludes halogenated alkanes) is 35. The Bertz CT molecular complexity index is 828. The molecule has 0 bridgehead atoms.